The second kappa shape index (κ2) is 7.77. The van der Waals surface area contributed by atoms with Gasteiger partial charge in [0.05, 0.1) is 5.69 Å². The van der Waals surface area contributed by atoms with Crippen molar-refractivity contribution in [1.29, 1.82) is 0 Å². The van der Waals surface area contributed by atoms with Crippen molar-refractivity contribution in [2.24, 2.45) is 5.92 Å². The second-order valence-corrected chi connectivity index (χ2v) is 7.17. The maximum absolute atomic E-state index is 13.1. The van der Waals surface area contributed by atoms with Gasteiger partial charge in [0, 0.05) is 17.2 Å². The number of hydrogen-bond acceptors (Lipinski definition) is 5. The van der Waals surface area contributed by atoms with E-state index < -0.39 is 18.0 Å². The summed E-state index contributed by atoms with van der Waals surface area (Å²) in [6.45, 7) is 0. The summed E-state index contributed by atoms with van der Waals surface area (Å²) in [7, 11) is 0. The molecule has 0 unspecified atom stereocenters. The molecule has 12 heteroatoms. The van der Waals surface area contributed by atoms with Crippen LogP contribution in [0.5, 0.6) is 5.75 Å². The highest BCUT2D eigenvalue weighted by atomic mass is 19.4. The Kier molecular flexibility index (Phi) is 5.23. The summed E-state index contributed by atoms with van der Waals surface area (Å²) >= 11 is 0. The van der Waals surface area contributed by atoms with Crippen molar-refractivity contribution >= 4 is 17.5 Å². The van der Waals surface area contributed by atoms with Crippen molar-refractivity contribution in [2.75, 3.05) is 11.1 Å². The van der Waals surface area contributed by atoms with Gasteiger partial charge in [0.2, 0.25) is 11.9 Å². The molecule has 4 rings (SSSR count). The molecule has 1 aliphatic rings. The van der Waals surface area contributed by atoms with Gasteiger partial charge in [-0.05, 0) is 61.4 Å². The Morgan fingerprint density at radius 3 is 2.22 bits per heavy atom. The first-order chi connectivity index (χ1) is 15.0. The number of halogens is 5. The predicted molar refractivity (Wildman–Crippen MR) is 104 cm³/mol. The monoisotopic (exact) mass is 453 g/mol. The second-order valence-electron chi connectivity index (χ2n) is 7.17. The van der Waals surface area contributed by atoms with Crippen molar-refractivity contribution in [3.05, 3.63) is 48.5 Å². The maximum atomic E-state index is 13.1. The molecular weight excluding hydrogens is 437 g/mol. The molecular formula is C20H16F5N5O2. The summed E-state index contributed by atoms with van der Waals surface area (Å²) in [5, 5.41) is 7.01. The molecule has 0 spiro atoms. The smallest absolute Gasteiger partial charge is 0.426 e. The SMILES string of the molecule is Nc1ccc(-c2nc(NC(=O)C3CC3)n(-c3ccc(OC(F)(F)C(F)(F)F)cc3)n2)cc1. The van der Waals surface area contributed by atoms with Gasteiger partial charge in [-0.2, -0.15) is 31.6 Å². The lowest BCUT2D eigenvalue weighted by molar-refractivity contribution is -0.360. The molecule has 168 valence electrons. The van der Waals surface area contributed by atoms with Crippen molar-refractivity contribution in [3.8, 4) is 22.8 Å². The highest BCUT2D eigenvalue weighted by Gasteiger charge is 2.61. The lowest BCUT2D eigenvalue weighted by Crippen LogP contribution is -2.41. The highest BCUT2D eigenvalue weighted by Crippen LogP contribution is 2.37. The summed E-state index contributed by atoms with van der Waals surface area (Å²) < 4.78 is 68.3. The van der Waals surface area contributed by atoms with E-state index in [1.807, 2.05) is 0 Å². The first kappa shape index (κ1) is 21.5. The van der Waals surface area contributed by atoms with E-state index in [0.717, 1.165) is 25.0 Å². The van der Waals surface area contributed by atoms with Crippen LogP contribution in [-0.4, -0.2) is 33.0 Å². The summed E-state index contributed by atoms with van der Waals surface area (Å²) in [6.07, 6.45) is -9.69. The minimum Gasteiger partial charge on any atom is -0.426 e. The van der Waals surface area contributed by atoms with E-state index in [1.165, 1.54) is 16.8 Å². The van der Waals surface area contributed by atoms with Gasteiger partial charge in [0.1, 0.15) is 5.75 Å². The molecule has 0 bridgehead atoms. The van der Waals surface area contributed by atoms with Crippen LogP contribution >= 0.6 is 0 Å². The third-order valence-corrected chi connectivity index (χ3v) is 4.62. The number of hydrogen-bond donors (Lipinski definition) is 2. The predicted octanol–water partition coefficient (Wildman–Crippen LogP) is 4.40. The number of alkyl halides is 5. The summed E-state index contributed by atoms with van der Waals surface area (Å²) in [5.74, 6) is -0.741. The third kappa shape index (κ3) is 4.48. The van der Waals surface area contributed by atoms with Crippen molar-refractivity contribution < 1.29 is 31.5 Å². The van der Waals surface area contributed by atoms with E-state index in [0.29, 0.717) is 11.3 Å². The number of nitrogens with zero attached hydrogens (tertiary/aromatic N) is 3. The molecule has 1 fully saturated rings. The van der Waals surface area contributed by atoms with Gasteiger partial charge in [-0.1, -0.05) is 0 Å². The quantitative estimate of drug-likeness (QED) is 0.426. The standard InChI is InChI=1S/C20H16F5N5O2/c21-19(22,23)20(24,25)32-15-9-7-14(8-10-15)30-18(28-17(31)12-1-2-12)27-16(29-30)11-3-5-13(26)6-4-11/h3-10,12H,1-2,26H2,(H,27,28,29,31). The molecule has 1 aromatic heterocycles. The minimum atomic E-state index is -5.86. The fourth-order valence-corrected chi connectivity index (χ4v) is 2.75. The normalized spacial score (nSPS) is 14.3. The Bertz CT molecular complexity index is 1120. The molecule has 1 aliphatic carbocycles. The molecule has 3 N–H and O–H groups in total. The molecule has 1 saturated carbocycles. The molecule has 0 aliphatic heterocycles. The zero-order chi connectivity index (χ0) is 23.1. The fraction of sp³-hybridized carbons (Fsp3) is 0.250. The number of aromatic nitrogens is 3. The van der Waals surface area contributed by atoms with E-state index in [2.05, 4.69) is 20.1 Å². The molecule has 0 radical (unpaired) electrons. The zero-order valence-corrected chi connectivity index (χ0v) is 16.2. The largest absolute Gasteiger partial charge is 0.499 e. The van der Waals surface area contributed by atoms with Gasteiger partial charge in [-0.3, -0.25) is 10.1 Å². The van der Waals surface area contributed by atoms with Gasteiger partial charge < -0.3 is 10.5 Å². The Labute approximate surface area is 178 Å². The Hall–Kier alpha value is -3.70. The van der Waals surface area contributed by atoms with Crippen molar-refractivity contribution in [1.82, 2.24) is 14.8 Å². The molecule has 3 aromatic rings. The average molecular weight is 453 g/mol. The van der Waals surface area contributed by atoms with Gasteiger partial charge in [-0.25, -0.2) is 0 Å². The van der Waals surface area contributed by atoms with Crippen LogP contribution in [0.1, 0.15) is 12.8 Å². The number of nitrogen functional groups attached to an aromatic ring is 1. The Morgan fingerprint density at radius 1 is 1.03 bits per heavy atom. The number of anilines is 2. The molecule has 2 aromatic carbocycles. The van der Waals surface area contributed by atoms with E-state index in [1.54, 1.807) is 24.3 Å². The van der Waals surface area contributed by atoms with E-state index >= 15 is 0 Å². The number of nitrogens with two attached hydrogens (primary N) is 1. The zero-order valence-electron chi connectivity index (χ0n) is 16.2. The number of benzene rings is 2. The van der Waals surface area contributed by atoms with Crippen LogP contribution in [0.3, 0.4) is 0 Å². The lowest BCUT2D eigenvalue weighted by Gasteiger charge is -2.20. The van der Waals surface area contributed by atoms with Crippen LogP contribution in [0.25, 0.3) is 17.1 Å². The van der Waals surface area contributed by atoms with E-state index in [9.17, 15) is 26.7 Å². The van der Waals surface area contributed by atoms with Crippen LogP contribution < -0.4 is 15.8 Å². The topological polar surface area (TPSA) is 95.1 Å². The molecule has 7 nitrogen and oxygen atoms in total. The Balaban J connectivity index is 1.65. The summed E-state index contributed by atoms with van der Waals surface area (Å²) in [6, 6.07) is 11.0. The van der Waals surface area contributed by atoms with E-state index in [-0.39, 0.29) is 29.3 Å². The number of carbonyl (C=O) groups excluding carboxylic acids is 1. The maximum Gasteiger partial charge on any atom is 0.499 e. The van der Waals surface area contributed by atoms with Gasteiger partial charge >= 0.3 is 12.3 Å². The first-order valence-corrected chi connectivity index (χ1v) is 9.41. The number of nitrogens with one attached hydrogen (secondary N) is 1. The van der Waals surface area contributed by atoms with Gasteiger partial charge in [0.25, 0.3) is 0 Å². The summed E-state index contributed by atoms with van der Waals surface area (Å²) in [4.78, 5) is 16.6. The number of carbonyl (C=O) groups is 1. The lowest BCUT2D eigenvalue weighted by atomic mass is 10.2. The van der Waals surface area contributed by atoms with Crippen LogP contribution in [-0.2, 0) is 4.79 Å². The van der Waals surface area contributed by atoms with Crippen LogP contribution in [0, 0.1) is 5.92 Å². The third-order valence-electron chi connectivity index (χ3n) is 4.62. The Morgan fingerprint density at radius 2 is 1.66 bits per heavy atom. The molecule has 32 heavy (non-hydrogen) atoms. The van der Waals surface area contributed by atoms with Crippen LogP contribution in [0.4, 0.5) is 33.6 Å². The van der Waals surface area contributed by atoms with Crippen molar-refractivity contribution in [2.45, 2.75) is 25.1 Å². The number of ether oxygens (including phenoxy) is 1. The molecule has 0 saturated heterocycles. The average Bonchev–Trinajstić information content (AvgIpc) is 3.49. The highest BCUT2D eigenvalue weighted by molar-refractivity contribution is 5.93. The van der Waals surface area contributed by atoms with Gasteiger partial charge in [0.15, 0.2) is 5.82 Å². The molecule has 1 heterocycles. The number of amides is 1. The van der Waals surface area contributed by atoms with Gasteiger partial charge in [-0.15, -0.1) is 5.10 Å². The summed E-state index contributed by atoms with van der Waals surface area (Å²) in [5.41, 5.74) is 7.07. The fourth-order valence-electron chi connectivity index (χ4n) is 2.75. The van der Waals surface area contributed by atoms with Crippen LogP contribution in [0.2, 0.25) is 0 Å². The minimum absolute atomic E-state index is 0.0722. The molecule has 0 atom stereocenters. The van der Waals surface area contributed by atoms with E-state index in [4.69, 9.17) is 5.73 Å². The molecule has 1 amide bonds. The first-order valence-electron chi connectivity index (χ1n) is 9.41. The van der Waals surface area contributed by atoms with Crippen molar-refractivity contribution in [3.63, 3.8) is 0 Å². The van der Waals surface area contributed by atoms with Crippen LogP contribution in [0.15, 0.2) is 48.5 Å². The number of rotatable bonds is 6.